The number of nitrogens with one attached hydrogen (secondary N) is 1. The summed E-state index contributed by atoms with van der Waals surface area (Å²) in [5.41, 5.74) is 1.61. The van der Waals surface area contributed by atoms with Crippen LogP contribution in [0.3, 0.4) is 0 Å². The molecule has 1 aliphatic heterocycles. The molecule has 25 heavy (non-hydrogen) atoms. The number of piperazine rings is 1. The van der Waals surface area contributed by atoms with Crippen LogP contribution in [0.1, 0.15) is 15.9 Å². The molecule has 0 unspecified atom stereocenters. The van der Waals surface area contributed by atoms with E-state index in [4.69, 9.17) is 0 Å². The number of likely N-dealkylation sites (N-methyl/N-ethyl adjacent to an activating group) is 1. The first-order valence-electron chi connectivity index (χ1n) is 8.10. The second kappa shape index (κ2) is 7.33. The number of nitro benzene ring substituents is 1. The highest BCUT2D eigenvalue weighted by Crippen LogP contribution is 2.28. The summed E-state index contributed by atoms with van der Waals surface area (Å²) < 4.78 is 0.880. The zero-order chi connectivity index (χ0) is 18.0. The number of nitrogens with zero attached hydrogens (tertiary/aromatic N) is 2. The number of quaternary nitrogens is 1. The van der Waals surface area contributed by atoms with Crippen molar-refractivity contribution in [3.8, 4) is 0 Å². The van der Waals surface area contributed by atoms with Gasteiger partial charge in [-0.15, -0.1) is 0 Å². The van der Waals surface area contributed by atoms with Gasteiger partial charge in [-0.05, 0) is 30.3 Å². The maximum absolute atomic E-state index is 13.0. The summed E-state index contributed by atoms with van der Waals surface area (Å²) >= 11 is 3.35. The number of hydrogen-bond acceptors (Lipinski definition) is 4. The number of benzene rings is 2. The van der Waals surface area contributed by atoms with E-state index in [2.05, 4.69) is 27.9 Å². The Morgan fingerprint density at radius 1 is 1.16 bits per heavy atom. The predicted molar refractivity (Wildman–Crippen MR) is 99.5 cm³/mol. The van der Waals surface area contributed by atoms with Gasteiger partial charge in [0.2, 0.25) is 0 Å². The molecule has 0 spiro atoms. The second-order valence-electron chi connectivity index (χ2n) is 6.24. The van der Waals surface area contributed by atoms with Crippen molar-refractivity contribution in [2.45, 2.75) is 0 Å². The first-order valence-corrected chi connectivity index (χ1v) is 8.90. The van der Waals surface area contributed by atoms with Crippen molar-refractivity contribution in [3.63, 3.8) is 0 Å². The van der Waals surface area contributed by atoms with Crippen molar-refractivity contribution < 1.29 is 14.6 Å². The van der Waals surface area contributed by atoms with Crippen molar-refractivity contribution in [2.24, 2.45) is 0 Å². The van der Waals surface area contributed by atoms with Crippen LogP contribution in [0.5, 0.6) is 0 Å². The quantitative estimate of drug-likeness (QED) is 0.480. The lowest BCUT2D eigenvalue weighted by molar-refractivity contribution is -0.880. The molecule has 0 radical (unpaired) electrons. The van der Waals surface area contributed by atoms with Gasteiger partial charge in [-0.1, -0.05) is 15.9 Å². The van der Waals surface area contributed by atoms with Crippen LogP contribution in [0.2, 0.25) is 0 Å². The minimum Gasteiger partial charge on any atom is -0.360 e. The first kappa shape index (κ1) is 17.6. The molecule has 0 atom stereocenters. The Hall–Kier alpha value is -2.25. The SMILES string of the molecule is C[NH+]1CCN(c2ccc([N+](=O)[O-])cc2C(=O)c2ccc(Br)cc2)CC1. The van der Waals surface area contributed by atoms with Crippen molar-refractivity contribution >= 4 is 33.1 Å². The molecule has 1 fully saturated rings. The van der Waals surface area contributed by atoms with E-state index in [9.17, 15) is 14.9 Å². The summed E-state index contributed by atoms with van der Waals surface area (Å²) in [6.07, 6.45) is 0. The molecule has 0 aliphatic carbocycles. The third-order valence-electron chi connectivity index (χ3n) is 4.50. The van der Waals surface area contributed by atoms with E-state index in [0.29, 0.717) is 11.1 Å². The van der Waals surface area contributed by atoms with Crippen molar-refractivity contribution in [1.29, 1.82) is 0 Å². The van der Waals surface area contributed by atoms with E-state index in [1.807, 2.05) is 0 Å². The fourth-order valence-electron chi connectivity index (χ4n) is 2.98. The monoisotopic (exact) mass is 404 g/mol. The van der Waals surface area contributed by atoms with Gasteiger partial charge in [0, 0.05) is 27.9 Å². The van der Waals surface area contributed by atoms with Gasteiger partial charge in [-0.3, -0.25) is 14.9 Å². The zero-order valence-corrected chi connectivity index (χ0v) is 15.5. The number of rotatable bonds is 4. The third-order valence-corrected chi connectivity index (χ3v) is 5.03. The van der Waals surface area contributed by atoms with Gasteiger partial charge in [-0.25, -0.2) is 0 Å². The molecule has 2 aromatic rings. The van der Waals surface area contributed by atoms with E-state index >= 15 is 0 Å². The predicted octanol–water partition coefficient (Wildman–Crippen LogP) is 1.92. The van der Waals surface area contributed by atoms with Crippen LogP contribution < -0.4 is 9.80 Å². The number of halogens is 1. The number of hydrogen-bond donors (Lipinski definition) is 1. The minimum atomic E-state index is -0.462. The van der Waals surface area contributed by atoms with Gasteiger partial charge >= 0.3 is 0 Å². The molecule has 7 heteroatoms. The van der Waals surface area contributed by atoms with E-state index in [1.54, 1.807) is 30.3 Å². The normalized spacial score (nSPS) is 15.2. The Morgan fingerprint density at radius 2 is 1.80 bits per heavy atom. The molecule has 130 valence electrons. The number of carbonyl (C=O) groups excluding carboxylic acids is 1. The van der Waals surface area contributed by atoms with Crippen LogP contribution in [0, 0.1) is 10.1 Å². The molecule has 1 heterocycles. The van der Waals surface area contributed by atoms with Crippen molar-refractivity contribution in [2.75, 3.05) is 38.1 Å². The fraction of sp³-hybridized carbons (Fsp3) is 0.278. The number of non-ortho nitro benzene ring substituents is 1. The molecule has 0 amide bonds. The van der Waals surface area contributed by atoms with E-state index in [0.717, 1.165) is 36.3 Å². The van der Waals surface area contributed by atoms with Crippen LogP contribution in [-0.2, 0) is 0 Å². The van der Waals surface area contributed by atoms with Crippen LogP contribution in [0.4, 0.5) is 11.4 Å². The fourth-order valence-corrected chi connectivity index (χ4v) is 3.25. The maximum Gasteiger partial charge on any atom is 0.270 e. The zero-order valence-electron chi connectivity index (χ0n) is 13.9. The average molecular weight is 405 g/mol. The smallest absolute Gasteiger partial charge is 0.270 e. The summed E-state index contributed by atoms with van der Waals surface area (Å²) in [6.45, 7) is 3.60. The molecule has 0 saturated carbocycles. The third kappa shape index (κ3) is 3.88. The summed E-state index contributed by atoms with van der Waals surface area (Å²) in [7, 11) is 2.14. The molecule has 1 aliphatic rings. The van der Waals surface area contributed by atoms with E-state index in [1.165, 1.54) is 17.0 Å². The molecular weight excluding hydrogens is 386 g/mol. The summed E-state index contributed by atoms with van der Waals surface area (Å²) in [5.74, 6) is -0.197. The molecule has 0 aromatic heterocycles. The lowest BCUT2D eigenvalue weighted by Crippen LogP contribution is -3.12. The van der Waals surface area contributed by atoms with Gasteiger partial charge < -0.3 is 9.80 Å². The molecule has 1 saturated heterocycles. The van der Waals surface area contributed by atoms with Crippen LogP contribution in [-0.4, -0.2) is 43.9 Å². The number of ketones is 1. The van der Waals surface area contributed by atoms with Crippen LogP contribution >= 0.6 is 15.9 Å². The number of carbonyl (C=O) groups is 1. The Labute approximate surface area is 154 Å². The standard InChI is InChI=1S/C18H18BrN3O3/c1-20-8-10-21(11-9-20)17-7-6-15(22(24)25)12-16(17)18(23)13-2-4-14(19)5-3-13/h2-7,12H,8-11H2,1H3/p+1. The second-order valence-corrected chi connectivity index (χ2v) is 7.15. The maximum atomic E-state index is 13.0. The Kier molecular flexibility index (Phi) is 5.15. The lowest BCUT2D eigenvalue weighted by atomic mass is 10.00. The van der Waals surface area contributed by atoms with Crippen LogP contribution in [0.25, 0.3) is 0 Å². The Morgan fingerprint density at radius 3 is 2.40 bits per heavy atom. The largest absolute Gasteiger partial charge is 0.360 e. The van der Waals surface area contributed by atoms with Gasteiger partial charge in [0.25, 0.3) is 5.69 Å². The highest BCUT2D eigenvalue weighted by molar-refractivity contribution is 9.10. The highest BCUT2D eigenvalue weighted by Gasteiger charge is 2.24. The number of anilines is 1. The average Bonchev–Trinajstić information content (AvgIpc) is 2.62. The van der Waals surface area contributed by atoms with Gasteiger partial charge in [0.15, 0.2) is 5.78 Å². The molecule has 3 rings (SSSR count). The Bertz CT molecular complexity index is 800. The number of nitro groups is 1. The summed E-state index contributed by atoms with van der Waals surface area (Å²) in [4.78, 5) is 27.3. The Balaban J connectivity index is 2.02. The van der Waals surface area contributed by atoms with Crippen molar-refractivity contribution in [1.82, 2.24) is 0 Å². The highest BCUT2D eigenvalue weighted by atomic mass is 79.9. The molecule has 0 bridgehead atoms. The van der Waals surface area contributed by atoms with Crippen molar-refractivity contribution in [3.05, 3.63) is 68.2 Å². The van der Waals surface area contributed by atoms with Crippen LogP contribution in [0.15, 0.2) is 46.9 Å². The minimum absolute atomic E-state index is 0.0658. The molecular formula is C18H19BrN3O3+. The lowest BCUT2D eigenvalue weighted by Gasteiger charge is -2.32. The first-order chi connectivity index (χ1) is 12.0. The summed E-state index contributed by atoms with van der Waals surface area (Å²) in [6, 6.07) is 11.6. The van der Waals surface area contributed by atoms with Gasteiger partial charge in [-0.2, -0.15) is 0 Å². The van der Waals surface area contributed by atoms with Gasteiger partial charge in [0.1, 0.15) is 0 Å². The molecule has 2 aromatic carbocycles. The van der Waals surface area contributed by atoms with Gasteiger partial charge in [0.05, 0.1) is 43.7 Å². The molecule has 6 nitrogen and oxygen atoms in total. The molecule has 1 N–H and O–H groups in total. The topological polar surface area (TPSA) is 67.9 Å². The van der Waals surface area contributed by atoms with E-state index < -0.39 is 4.92 Å². The van der Waals surface area contributed by atoms with E-state index in [-0.39, 0.29) is 11.5 Å². The summed E-state index contributed by atoms with van der Waals surface area (Å²) in [5, 5.41) is 11.2.